The molecule has 0 aliphatic heterocycles. The molecule has 0 fully saturated rings. The van der Waals surface area contributed by atoms with E-state index in [4.69, 9.17) is 0 Å². The Hall–Kier alpha value is -9.36. The maximum Gasteiger partial charge on any atom is -0.0154 e. The molecule has 0 aliphatic rings. The lowest BCUT2D eigenvalue weighted by Gasteiger charge is -2.15. The van der Waals surface area contributed by atoms with Gasteiger partial charge in [0.2, 0.25) is 0 Å². The Morgan fingerprint density at radius 2 is 0.171 bits per heavy atom. The summed E-state index contributed by atoms with van der Waals surface area (Å²) < 4.78 is 0. The maximum absolute atomic E-state index is 2.33. The van der Waals surface area contributed by atoms with Gasteiger partial charge in [-0.05, 0) is 267 Å². The van der Waals surface area contributed by atoms with Crippen LogP contribution in [-0.4, -0.2) is 0 Å². The van der Waals surface area contributed by atoms with Gasteiger partial charge in [-0.2, -0.15) is 0 Å². The SMILES string of the molecule is CC.CC.CC.CC.CC.CC.CC.CC.CC.CC.CC.CC.Cc1ccccc1-c1cc(-c2ccccc2C)cc(-c2ccccc2C)c1.Cc1ccccc1-c1cc(-c2ccccc2C)cc(-c2ccccc2C)c1.Cc1ccccc1-c1cc(-c2ccccc2C)cc(-c2ccccc2C)c1. The third kappa shape index (κ3) is 31.1. The van der Waals surface area contributed by atoms with Crippen LogP contribution >= 0.6 is 0 Å². The second-order valence-electron chi connectivity index (χ2n) is 21.7. The maximum atomic E-state index is 2.33. The normalized spacial score (nSPS) is 9.00. The van der Waals surface area contributed by atoms with Crippen LogP contribution in [0.15, 0.2) is 273 Å². The van der Waals surface area contributed by atoms with E-state index in [2.05, 4.69) is 335 Å². The van der Waals surface area contributed by atoms with Gasteiger partial charge in [0.05, 0.1) is 0 Å². The molecule has 12 aromatic carbocycles. The molecule has 0 amide bonds. The fraction of sp³-hybridized carbons (Fsp3) is 0.314. The third-order valence-electron chi connectivity index (χ3n) is 15.9. The summed E-state index contributed by atoms with van der Waals surface area (Å²) in [6, 6.07) is 98.6. The molecule has 0 atom stereocenters. The molecular weight excluding hydrogens is 1260 g/mol. The zero-order chi connectivity index (χ0) is 80.4. The highest BCUT2D eigenvalue weighted by atomic mass is 14.2. The van der Waals surface area contributed by atoms with Crippen molar-refractivity contribution in [1.82, 2.24) is 0 Å². The van der Waals surface area contributed by atoms with Gasteiger partial charge < -0.3 is 0 Å². The summed E-state index contributed by atoms with van der Waals surface area (Å²) in [4.78, 5) is 0. The number of aryl methyl sites for hydroxylation is 9. The van der Waals surface area contributed by atoms with Crippen molar-refractivity contribution in [3.8, 4) is 100 Å². The van der Waals surface area contributed by atoms with E-state index in [0.717, 1.165) is 0 Å². The largest absolute Gasteiger partial charge is 0.0683 e. The number of rotatable bonds is 9. The van der Waals surface area contributed by atoms with E-state index in [1.807, 2.05) is 166 Å². The molecule has 12 rings (SSSR count). The summed E-state index contributed by atoms with van der Waals surface area (Å²) in [5, 5.41) is 0. The lowest BCUT2D eigenvalue weighted by atomic mass is 9.89. The van der Waals surface area contributed by atoms with E-state index in [0.29, 0.717) is 0 Å². The molecule has 0 radical (unpaired) electrons. The Balaban J connectivity index is -0.00000130. The van der Waals surface area contributed by atoms with Crippen molar-refractivity contribution in [2.24, 2.45) is 0 Å². The molecule has 0 N–H and O–H groups in total. The predicted octanol–water partition coefficient (Wildman–Crippen LogP) is 35.2. The van der Waals surface area contributed by atoms with Gasteiger partial charge in [-0.3, -0.25) is 0 Å². The number of hydrogen-bond acceptors (Lipinski definition) is 0. The van der Waals surface area contributed by atoms with Crippen LogP contribution in [0.5, 0.6) is 0 Å². The molecule has 0 bridgehead atoms. The first-order chi connectivity index (χ1) is 51.4. The summed E-state index contributed by atoms with van der Waals surface area (Å²) in [6.45, 7) is 67.7. The molecule has 0 spiro atoms. The van der Waals surface area contributed by atoms with E-state index in [1.165, 1.54) is 150 Å². The Labute approximate surface area is 647 Å². The average molecular weight is 1410 g/mol. The molecular formula is C105H144. The van der Waals surface area contributed by atoms with Gasteiger partial charge in [0.25, 0.3) is 0 Å². The van der Waals surface area contributed by atoms with Crippen LogP contribution in [0.4, 0.5) is 0 Å². The monoisotopic (exact) mass is 1410 g/mol. The van der Waals surface area contributed by atoms with Crippen molar-refractivity contribution >= 4 is 0 Å². The third-order valence-corrected chi connectivity index (χ3v) is 15.9. The minimum atomic E-state index is 1.27. The molecule has 0 heteroatoms. The van der Waals surface area contributed by atoms with Crippen LogP contribution in [0.2, 0.25) is 0 Å². The Bertz CT molecular complexity index is 3270. The van der Waals surface area contributed by atoms with E-state index < -0.39 is 0 Å². The second-order valence-corrected chi connectivity index (χ2v) is 21.7. The van der Waals surface area contributed by atoms with Crippen molar-refractivity contribution in [1.29, 1.82) is 0 Å². The summed E-state index contributed by atoms with van der Waals surface area (Å²) in [7, 11) is 0. The second kappa shape index (κ2) is 61.0. The standard InChI is InChI=1S/3C27H24.12C2H6/c3*1-19-10-4-7-13-25(19)22-16-23(26-14-8-5-11-20(26)2)18-24(17-22)27-15-9-6-12-21(27)3;12*1-2/h3*4-18H,1-3H3;12*1-2H3. The van der Waals surface area contributed by atoms with Crippen LogP contribution < -0.4 is 0 Å². The van der Waals surface area contributed by atoms with Crippen molar-refractivity contribution in [2.45, 2.75) is 228 Å². The zero-order valence-electron chi connectivity index (χ0n) is 72.5. The highest BCUT2D eigenvalue weighted by Crippen LogP contribution is 2.40. The molecule has 0 unspecified atom stereocenters. The summed E-state index contributed by atoms with van der Waals surface area (Å²) in [5.74, 6) is 0. The first-order valence-corrected chi connectivity index (χ1v) is 40.4. The molecule has 0 aliphatic carbocycles. The number of hydrogen-bond donors (Lipinski definition) is 0. The molecule has 0 heterocycles. The van der Waals surface area contributed by atoms with Gasteiger partial charge >= 0.3 is 0 Å². The fourth-order valence-electron chi connectivity index (χ4n) is 11.4. The van der Waals surface area contributed by atoms with Crippen molar-refractivity contribution < 1.29 is 0 Å². The highest BCUT2D eigenvalue weighted by molar-refractivity contribution is 5.87. The Morgan fingerprint density at radius 1 is 0.105 bits per heavy atom. The summed E-state index contributed by atoms with van der Waals surface area (Å²) >= 11 is 0. The zero-order valence-corrected chi connectivity index (χ0v) is 72.5. The lowest BCUT2D eigenvalue weighted by molar-refractivity contribution is 1.42. The molecule has 0 aromatic heterocycles. The fourth-order valence-corrected chi connectivity index (χ4v) is 11.4. The van der Waals surface area contributed by atoms with Crippen LogP contribution in [0, 0.1) is 62.3 Å². The topological polar surface area (TPSA) is 0 Å². The first-order valence-electron chi connectivity index (χ1n) is 40.4. The van der Waals surface area contributed by atoms with Crippen LogP contribution in [0.1, 0.15) is 216 Å². The lowest BCUT2D eigenvalue weighted by Crippen LogP contribution is -1.90. The molecule has 105 heavy (non-hydrogen) atoms. The molecule has 0 nitrogen and oxygen atoms in total. The summed E-state index contributed by atoms with van der Waals surface area (Å²) in [6.07, 6.45) is 0. The Kier molecular flexibility index (Phi) is 58.0. The van der Waals surface area contributed by atoms with Crippen molar-refractivity contribution in [3.63, 3.8) is 0 Å². The van der Waals surface area contributed by atoms with E-state index in [9.17, 15) is 0 Å². The minimum Gasteiger partial charge on any atom is -0.0683 e. The van der Waals surface area contributed by atoms with Gasteiger partial charge in [0, 0.05) is 0 Å². The Morgan fingerprint density at radius 3 is 0.238 bits per heavy atom. The van der Waals surface area contributed by atoms with Gasteiger partial charge in [-0.25, -0.2) is 0 Å². The summed E-state index contributed by atoms with van der Waals surface area (Å²) in [5.41, 5.74) is 34.8. The van der Waals surface area contributed by atoms with E-state index >= 15 is 0 Å². The molecule has 0 saturated carbocycles. The van der Waals surface area contributed by atoms with Gasteiger partial charge in [-0.1, -0.05) is 385 Å². The van der Waals surface area contributed by atoms with Gasteiger partial charge in [0.1, 0.15) is 0 Å². The highest BCUT2D eigenvalue weighted by Gasteiger charge is 2.15. The smallest absolute Gasteiger partial charge is 0.0154 e. The van der Waals surface area contributed by atoms with E-state index in [1.54, 1.807) is 0 Å². The van der Waals surface area contributed by atoms with Crippen LogP contribution in [0.3, 0.4) is 0 Å². The van der Waals surface area contributed by atoms with Crippen LogP contribution in [-0.2, 0) is 0 Å². The number of benzene rings is 12. The van der Waals surface area contributed by atoms with Gasteiger partial charge in [0.15, 0.2) is 0 Å². The van der Waals surface area contributed by atoms with E-state index in [-0.39, 0.29) is 0 Å². The molecule has 564 valence electrons. The van der Waals surface area contributed by atoms with Crippen molar-refractivity contribution in [2.75, 3.05) is 0 Å². The quantitative estimate of drug-likeness (QED) is 0.135. The minimum absolute atomic E-state index is 1.27. The predicted molar refractivity (Wildman–Crippen MR) is 487 cm³/mol. The van der Waals surface area contributed by atoms with Crippen molar-refractivity contribution in [3.05, 3.63) is 323 Å². The molecule has 0 saturated heterocycles. The van der Waals surface area contributed by atoms with Gasteiger partial charge in [-0.15, -0.1) is 0 Å². The average Bonchev–Trinajstić information content (AvgIpc) is 0.803. The van der Waals surface area contributed by atoms with Crippen LogP contribution in [0.25, 0.3) is 100 Å². The molecule has 12 aromatic rings. The first kappa shape index (κ1) is 99.8.